The van der Waals surface area contributed by atoms with Gasteiger partial charge in [0.15, 0.2) is 0 Å². The molecule has 0 heterocycles. The fourth-order valence-electron chi connectivity index (χ4n) is 2.46. The molecule has 0 spiro atoms. The van der Waals surface area contributed by atoms with Gasteiger partial charge in [0.25, 0.3) is 15.9 Å². The molecular formula is C18H22N2O3S. The Morgan fingerprint density at radius 3 is 2.21 bits per heavy atom. The molecule has 0 atom stereocenters. The van der Waals surface area contributed by atoms with Crippen molar-refractivity contribution in [3.05, 3.63) is 59.7 Å². The highest BCUT2D eigenvalue weighted by molar-refractivity contribution is 7.92. The van der Waals surface area contributed by atoms with E-state index >= 15 is 0 Å². The molecule has 0 aliphatic carbocycles. The van der Waals surface area contributed by atoms with Crippen LogP contribution in [0.25, 0.3) is 0 Å². The van der Waals surface area contributed by atoms with E-state index in [0.29, 0.717) is 29.9 Å². The largest absolute Gasteiger partial charge is 0.339 e. The molecule has 0 bridgehead atoms. The van der Waals surface area contributed by atoms with Gasteiger partial charge in [-0.25, -0.2) is 8.42 Å². The fraction of sp³-hybridized carbons (Fsp3) is 0.278. The maximum absolute atomic E-state index is 12.6. The zero-order valence-electron chi connectivity index (χ0n) is 14.1. The fourth-order valence-corrected chi connectivity index (χ4v) is 3.61. The minimum atomic E-state index is -3.68. The number of nitrogens with one attached hydrogen (secondary N) is 1. The van der Waals surface area contributed by atoms with Crippen molar-refractivity contribution in [2.45, 2.75) is 25.7 Å². The van der Waals surface area contributed by atoms with Crippen molar-refractivity contribution in [1.82, 2.24) is 4.90 Å². The summed E-state index contributed by atoms with van der Waals surface area (Å²) in [6.45, 7) is 6.79. The molecule has 2 rings (SSSR count). The van der Waals surface area contributed by atoms with Crippen LogP contribution in [0, 0.1) is 6.92 Å². The second kappa shape index (κ2) is 7.49. The number of benzene rings is 2. The molecule has 128 valence electrons. The zero-order chi connectivity index (χ0) is 17.7. The lowest BCUT2D eigenvalue weighted by Gasteiger charge is -2.21. The average Bonchev–Trinajstić information content (AvgIpc) is 2.58. The third-order valence-corrected chi connectivity index (χ3v) is 5.29. The molecule has 1 N–H and O–H groups in total. The van der Waals surface area contributed by atoms with E-state index in [-0.39, 0.29) is 10.8 Å². The summed E-state index contributed by atoms with van der Waals surface area (Å²) in [5, 5.41) is 0. The van der Waals surface area contributed by atoms with Crippen molar-refractivity contribution in [2.24, 2.45) is 0 Å². The quantitative estimate of drug-likeness (QED) is 0.873. The smallest absolute Gasteiger partial charge is 0.261 e. The van der Waals surface area contributed by atoms with E-state index in [9.17, 15) is 13.2 Å². The van der Waals surface area contributed by atoms with Gasteiger partial charge >= 0.3 is 0 Å². The highest BCUT2D eigenvalue weighted by atomic mass is 32.2. The summed E-state index contributed by atoms with van der Waals surface area (Å²) in [4.78, 5) is 14.5. The Morgan fingerprint density at radius 2 is 1.62 bits per heavy atom. The lowest BCUT2D eigenvalue weighted by atomic mass is 10.1. The van der Waals surface area contributed by atoms with Crippen LogP contribution in [0.5, 0.6) is 0 Å². The number of carbonyl (C=O) groups is 1. The van der Waals surface area contributed by atoms with Gasteiger partial charge in [0.1, 0.15) is 0 Å². The normalized spacial score (nSPS) is 11.1. The number of carbonyl (C=O) groups excluding carboxylic acids is 1. The van der Waals surface area contributed by atoms with Crippen LogP contribution in [0.1, 0.15) is 29.8 Å². The van der Waals surface area contributed by atoms with Crippen LogP contribution < -0.4 is 4.72 Å². The molecule has 0 unspecified atom stereocenters. The molecule has 5 nitrogen and oxygen atoms in total. The predicted octanol–water partition coefficient (Wildman–Crippen LogP) is 3.28. The first-order valence-electron chi connectivity index (χ1n) is 7.87. The third-order valence-electron chi connectivity index (χ3n) is 3.91. The molecule has 2 aromatic rings. The number of anilines is 1. The SMILES string of the molecule is CCN(CC)C(=O)c1cccc(NS(=O)(=O)c2ccccc2)c1C. The van der Waals surface area contributed by atoms with Gasteiger partial charge in [0.05, 0.1) is 10.6 Å². The van der Waals surface area contributed by atoms with Crippen LogP contribution in [-0.2, 0) is 10.0 Å². The topological polar surface area (TPSA) is 66.5 Å². The minimum Gasteiger partial charge on any atom is -0.339 e. The summed E-state index contributed by atoms with van der Waals surface area (Å²) in [6, 6.07) is 13.2. The first-order chi connectivity index (χ1) is 11.4. The van der Waals surface area contributed by atoms with Crippen LogP contribution >= 0.6 is 0 Å². The number of amides is 1. The van der Waals surface area contributed by atoms with Gasteiger partial charge < -0.3 is 4.90 Å². The van der Waals surface area contributed by atoms with Gasteiger partial charge in [0.2, 0.25) is 0 Å². The Hall–Kier alpha value is -2.34. The molecule has 0 saturated heterocycles. The monoisotopic (exact) mass is 346 g/mol. The van der Waals surface area contributed by atoms with Crippen LogP contribution in [0.15, 0.2) is 53.4 Å². The van der Waals surface area contributed by atoms with Crippen molar-refractivity contribution in [2.75, 3.05) is 17.8 Å². The average molecular weight is 346 g/mol. The maximum atomic E-state index is 12.6. The summed E-state index contributed by atoms with van der Waals surface area (Å²) in [5.74, 6) is -0.0988. The highest BCUT2D eigenvalue weighted by Gasteiger charge is 2.19. The van der Waals surface area contributed by atoms with Gasteiger partial charge in [-0.15, -0.1) is 0 Å². The van der Waals surface area contributed by atoms with Gasteiger partial charge in [-0.1, -0.05) is 24.3 Å². The Labute approximate surface area is 143 Å². The summed E-state index contributed by atoms with van der Waals surface area (Å²) >= 11 is 0. The summed E-state index contributed by atoms with van der Waals surface area (Å²) in [7, 11) is -3.68. The van der Waals surface area contributed by atoms with Gasteiger partial charge in [-0.2, -0.15) is 0 Å². The standard InChI is InChI=1S/C18H22N2O3S/c1-4-20(5-2)18(21)16-12-9-13-17(14(16)3)19-24(22,23)15-10-7-6-8-11-15/h6-13,19H,4-5H2,1-3H3. The second-order valence-electron chi connectivity index (χ2n) is 5.37. The number of nitrogens with zero attached hydrogens (tertiary/aromatic N) is 1. The molecule has 0 aromatic heterocycles. The Morgan fingerprint density at radius 1 is 1.00 bits per heavy atom. The molecule has 0 radical (unpaired) electrons. The summed E-state index contributed by atoms with van der Waals surface area (Å²) < 4.78 is 27.5. The first kappa shape index (κ1) is 18.0. The Kier molecular flexibility index (Phi) is 5.62. The molecule has 6 heteroatoms. The number of rotatable bonds is 6. The van der Waals surface area contributed by atoms with Crippen molar-refractivity contribution in [3.8, 4) is 0 Å². The molecule has 2 aromatic carbocycles. The van der Waals surface area contributed by atoms with Crippen LogP contribution in [0.2, 0.25) is 0 Å². The number of hydrogen-bond donors (Lipinski definition) is 1. The second-order valence-corrected chi connectivity index (χ2v) is 7.06. The van der Waals surface area contributed by atoms with E-state index < -0.39 is 10.0 Å². The van der Waals surface area contributed by atoms with Crippen molar-refractivity contribution in [1.29, 1.82) is 0 Å². The number of sulfonamides is 1. The molecule has 0 saturated carbocycles. The summed E-state index contributed by atoms with van der Waals surface area (Å²) in [5.41, 5.74) is 1.54. The molecular weight excluding hydrogens is 324 g/mol. The number of hydrogen-bond acceptors (Lipinski definition) is 3. The van der Waals surface area contributed by atoms with E-state index in [1.807, 2.05) is 13.8 Å². The minimum absolute atomic E-state index is 0.0988. The van der Waals surface area contributed by atoms with Gasteiger partial charge in [-0.3, -0.25) is 9.52 Å². The van der Waals surface area contributed by atoms with Crippen molar-refractivity contribution < 1.29 is 13.2 Å². The van der Waals surface area contributed by atoms with Crippen LogP contribution in [-0.4, -0.2) is 32.3 Å². The lowest BCUT2D eigenvalue weighted by molar-refractivity contribution is 0.0772. The van der Waals surface area contributed by atoms with E-state index in [4.69, 9.17) is 0 Å². The first-order valence-corrected chi connectivity index (χ1v) is 9.35. The highest BCUT2D eigenvalue weighted by Crippen LogP contribution is 2.23. The molecule has 0 aliphatic rings. The Balaban J connectivity index is 2.37. The van der Waals surface area contributed by atoms with E-state index in [0.717, 1.165) is 0 Å². The van der Waals surface area contributed by atoms with Crippen LogP contribution in [0.3, 0.4) is 0 Å². The molecule has 0 fully saturated rings. The van der Waals surface area contributed by atoms with E-state index in [1.54, 1.807) is 48.2 Å². The molecule has 0 aliphatic heterocycles. The lowest BCUT2D eigenvalue weighted by Crippen LogP contribution is -2.31. The van der Waals surface area contributed by atoms with Gasteiger partial charge in [-0.05, 0) is 50.6 Å². The van der Waals surface area contributed by atoms with E-state index in [2.05, 4.69) is 4.72 Å². The zero-order valence-corrected chi connectivity index (χ0v) is 14.9. The summed E-state index contributed by atoms with van der Waals surface area (Å²) in [6.07, 6.45) is 0. The van der Waals surface area contributed by atoms with Gasteiger partial charge in [0, 0.05) is 18.7 Å². The van der Waals surface area contributed by atoms with Crippen LogP contribution in [0.4, 0.5) is 5.69 Å². The predicted molar refractivity (Wildman–Crippen MR) is 95.7 cm³/mol. The van der Waals surface area contributed by atoms with Crippen molar-refractivity contribution >= 4 is 21.6 Å². The maximum Gasteiger partial charge on any atom is 0.261 e. The molecule has 1 amide bonds. The van der Waals surface area contributed by atoms with E-state index in [1.165, 1.54) is 12.1 Å². The third kappa shape index (κ3) is 3.76. The van der Waals surface area contributed by atoms with Crippen molar-refractivity contribution in [3.63, 3.8) is 0 Å². The molecule has 24 heavy (non-hydrogen) atoms. The Bertz CT molecular complexity index is 813.